The van der Waals surface area contributed by atoms with Crippen LogP contribution in [0.15, 0.2) is 46.7 Å². The third-order valence-electron chi connectivity index (χ3n) is 6.28. The number of alkyl halides is 2. The summed E-state index contributed by atoms with van der Waals surface area (Å²) < 4.78 is 61.6. The van der Waals surface area contributed by atoms with Gasteiger partial charge in [-0.15, -0.1) is 12.4 Å². The highest BCUT2D eigenvalue weighted by atomic mass is 35.5. The quantitative estimate of drug-likeness (QED) is 0.345. The maximum Gasteiger partial charge on any atom is 0.387 e. The van der Waals surface area contributed by atoms with Crippen molar-refractivity contribution in [3.63, 3.8) is 0 Å². The molecular formula is C26H30ClF3N2O6. The Morgan fingerprint density at radius 1 is 1.32 bits per heavy atom. The van der Waals surface area contributed by atoms with E-state index >= 15 is 0 Å². The zero-order chi connectivity index (χ0) is 26.7. The second-order valence-electron chi connectivity index (χ2n) is 9.20. The number of nitrogens with zero attached hydrogens (tertiary/aromatic N) is 1. The molecule has 0 radical (unpaired) electrons. The number of halogens is 4. The monoisotopic (exact) mass is 558 g/mol. The molecule has 2 aliphatic rings. The summed E-state index contributed by atoms with van der Waals surface area (Å²) in [6.07, 6.45) is 4.20. The number of rotatable bonds is 12. The molecule has 0 bridgehead atoms. The van der Waals surface area contributed by atoms with E-state index in [0.29, 0.717) is 18.1 Å². The lowest BCUT2D eigenvalue weighted by Crippen LogP contribution is -2.45. The van der Waals surface area contributed by atoms with Gasteiger partial charge >= 0.3 is 12.6 Å². The third-order valence-corrected chi connectivity index (χ3v) is 6.28. The number of carbonyl (C=O) groups is 1. The molecule has 1 aromatic carbocycles. The van der Waals surface area contributed by atoms with Crippen LogP contribution in [-0.4, -0.2) is 42.0 Å². The van der Waals surface area contributed by atoms with E-state index in [9.17, 15) is 23.1 Å². The summed E-state index contributed by atoms with van der Waals surface area (Å²) in [6, 6.07) is 3.64. The minimum Gasteiger partial charge on any atom is -0.489 e. The highest BCUT2D eigenvalue weighted by Gasteiger charge is 2.47. The van der Waals surface area contributed by atoms with Gasteiger partial charge in [0.25, 0.3) is 0 Å². The molecule has 1 heterocycles. The SMILES string of the molecule is CCOC1C=C(F)C=C[C@]1(Cc1nc(-c2ccc(OC(F)F)c(OCC3CC3)c2)oc1C(C)N)C(=O)O.Cl. The first-order valence-electron chi connectivity index (χ1n) is 12.0. The van der Waals surface area contributed by atoms with Crippen molar-refractivity contribution in [3.05, 3.63) is 53.7 Å². The molecular weight excluding hydrogens is 529 g/mol. The summed E-state index contributed by atoms with van der Waals surface area (Å²) in [6.45, 7) is 0.837. The van der Waals surface area contributed by atoms with Crippen molar-refractivity contribution in [2.24, 2.45) is 17.1 Å². The highest BCUT2D eigenvalue weighted by Crippen LogP contribution is 2.40. The summed E-state index contributed by atoms with van der Waals surface area (Å²) in [5.74, 6) is -1.14. The number of oxazole rings is 1. The standard InChI is InChI=1S/C26H29F3N2O6.ClH/c1-3-34-21-11-17(27)8-9-26(21,24(32)33)12-18-22(14(2)30)37-23(31-18)16-6-7-19(36-25(28)29)20(10-16)35-13-15-4-5-15;/h6-11,14-15,21,25H,3-5,12-13,30H2,1-2H3,(H,32,33);1H/t14?,21?,26-;/m1./s1. The Hall–Kier alpha value is -3.02. The predicted octanol–water partition coefficient (Wildman–Crippen LogP) is 5.62. The first-order chi connectivity index (χ1) is 17.6. The predicted molar refractivity (Wildman–Crippen MR) is 134 cm³/mol. The van der Waals surface area contributed by atoms with Gasteiger partial charge in [0, 0.05) is 18.6 Å². The molecule has 38 heavy (non-hydrogen) atoms. The Morgan fingerprint density at radius 3 is 2.66 bits per heavy atom. The number of aliphatic carboxylic acids is 1. The van der Waals surface area contributed by atoms with E-state index in [1.165, 1.54) is 24.3 Å². The van der Waals surface area contributed by atoms with E-state index in [1.54, 1.807) is 13.8 Å². The Labute approximate surface area is 224 Å². The Balaban J connectivity index is 0.00000400. The van der Waals surface area contributed by atoms with Gasteiger partial charge in [0.05, 0.1) is 24.4 Å². The Bertz CT molecular complexity index is 1200. The highest BCUT2D eigenvalue weighted by molar-refractivity contribution is 5.85. The van der Waals surface area contributed by atoms with Crippen LogP contribution < -0.4 is 15.2 Å². The summed E-state index contributed by atoms with van der Waals surface area (Å²) in [5, 5.41) is 10.2. The number of nitrogens with two attached hydrogens (primary N) is 1. The van der Waals surface area contributed by atoms with Crippen molar-refractivity contribution in [2.45, 2.75) is 51.9 Å². The number of carboxylic acids is 1. The maximum absolute atomic E-state index is 14.0. The number of allylic oxidation sites excluding steroid dienone is 2. The van der Waals surface area contributed by atoms with Crippen LogP contribution >= 0.6 is 12.4 Å². The molecule has 0 aliphatic heterocycles. The number of ether oxygens (including phenoxy) is 3. The van der Waals surface area contributed by atoms with Crippen LogP contribution in [-0.2, 0) is 16.0 Å². The van der Waals surface area contributed by atoms with E-state index in [2.05, 4.69) is 9.72 Å². The van der Waals surface area contributed by atoms with Crippen LogP contribution in [0.4, 0.5) is 13.2 Å². The van der Waals surface area contributed by atoms with Gasteiger partial charge in [0.2, 0.25) is 5.89 Å². The van der Waals surface area contributed by atoms with Crippen LogP contribution in [0.1, 0.15) is 44.2 Å². The average Bonchev–Trinajstić information content (AvgIpc) is 3.57. The molecule has 0 spiro atoms. The average molecular weight is 559 g/mol. The molecule has 2 unspecified atom stereocenters. The normalized spacial score (nSPS) is 21.6. The van der Waals surface area contributed by atoms with Gasteiger partial charge in [0.1, 0.15) is 17.0 Å². The first-order valence-corrected chi connectivity index (χ1v) is 12.0. The lowest BCUT2D eigenvalue weighted by atomic mass is 9.74. The molecule has 8 nitrogen and oxygen atoms in total. The molecule has 2 aliphatic carbocycles. The fourth-order valence-electron chi connectivity index (χ4n) is 4.16. The molecule has 4 rings (SSSR count). The molecule has 12 heteroatoms. The van der Waals surface area contributed by atoms with E-state index in [-0.39, 0.29) is 54.3 Å². The second-order valence-corrected chi connectivity index (χ2v) is 9.20. The van der Waals surface area contributed by atoms with Gasteiger partial charge in [-0.25, -0.2) is 9.37 Å². The van der Waals surface area contributed by atoms with E-state index in [1.807, 2.05) is 0 Å². The number of hydrogen-bond donors (Lipinski definition) is 2. The van der Waals surface area contributed by atoms with Gasteiger partial charge in [-0.2, -0.15) is 8.78 Å². The second kappa shape index (κ2) is 12.2. The summed E-state index contributed by atoms with van der Waals surface area (Å²) in [4.78, 5) is 17.0. The van der Waals surface area contributed by atoms with Crippen molar-refractivity contribution in [2.75, 3.05) is 13.2 Å². The van der Waals surface area contributed by atoms with Crippen LogP contribution in [0, 0.1) is 11.3 Å². The summed E-state index contributed by atoms with van der Waals surface area (Å²) in [7, 11) is 0. The maximum atomic E-state index is 14.0. The lowest BCUT2D eigenvalue weighted by molar-refractivity contribution is -0.152. The van der Waals surface area contributed by atoms with Crippen LogP contribution in [0.3, 0.4) is 0 Å². The zero-order valence-electron chi connectivity index (χ0n) is 20.9. The minimum atomic E-state index is -3.03. The Morgan fingerprint density at radius 2 is 2.05 bits per heavy atom. The van der Waals surface area contributed by atoms with E-state index < -0.39 is 36.0 Å². The van der Waals surface area contributed by atoms with Gasteiger partial charge in [-0.3, -0.25) is 4.79 Å². The smallest absolute Gasteiger partial charge is 0.387 e. The van der Waals surface area contributed by atoms with Gasteiger partial charge in [-0.05, 0) is 63.0 Å². The van der Waals surface area contributed by atoms with Crippen molar-refractivity contribution in [1.29, 1.82) is 0 Å². The molecule has 3 atom stereocenters. The molecule has 0 amide bonds. The van der Waals surface area contributed by atoms with Crippen molar-refractivity contribution in [3.8, 4) is 23.0 Å². The third kappa shape index (κ3) is 6.51. The minimum absolute atomic E-state index is 0. The summed E-state index contributed by atoms with van der Waals surface area (Å²) in [5.41, 5.74) is 5.11. The number of aromatic nitrogens is 1. The number of hydrogen-bond acceptors (Lipinski definition) is 7. The number of carboxylic acid groups (broad SMARTS) is 1. The van der Waals surface area contributed by atoms with Crippen LogP contribution in [0.25, 0.3) is 11.5 Å². The van der Waals surface area contributed by atoms with Crippen molar-refractivity contribution < 1.29 is 41.7 Å². The van der Waals surface area contributed by atoms with Crippen LogP contribution in [0.2, 0.25) is 0 Å². The molecule has 1 fully saturated rings. The molecule has 3 N–H and O–H groups in total. The van der Waals surface area contributed by atoms with Gasteiger partial charge in [0.15, 0.2) is 11.5 Å². The van der Waals surface area contributed by atoms with E-state index in [0.717, 1.165) is 25.0 Å². The molecule has 2 aromatic rings. The molecule has 1 aromatic heterocycles. The molecule has 0 saturated heterocycles. The Kier molecular flexibility index (Phi) is 9.50. The van der Waals surface area contributed by atoms with Crippen LogP contribution in [0.5, 0.6) is 11.5 Å². The zero-order valence-corrected chi connectivity index (χ0v) is 21.7. The molecule has 208 valence electrons. The molecule has 1 saturated carbocycles. The fraction of sp³-hybridized carbons (Fsp3) is 0.462. The number of benzene rings is 1. The van der Waals surface area contributed by atoms with Crippen molar-refractivity contribution >= 4 is 18.4 Å². The van der Waals surface area contributed by atoms with Gasteiger partial charge in [-0.1, -0.05) is 6.08 Å². The van der Waals surface area contributed by atoms with Crippen molar-refractivity contribution in [1.82, 2.24) is 4.98 Å². The van der Waals surface area contributed by atoms with E-state index in [4.69, 9.17) is 19.6 Å². The fourth-order valence-corrected chi connectivity index (χ4v) is 4.16. The largest absolute Gasteiger partial charge is 0.489 e. The van der Waals surface area contributed by atoms with Gasteiger partial charge < -0.3 is 29.5 Å². The lowest BCUT2D eigenvalue weighted by Gasteiger charge is -2.34. The summed E-state index contributed by atoms with van der Waals surface area (Å²) >= 11 is 0. The topological polar surface area (TPSA) is 117 Å². The first kappa shape index (κ1) is 29.5.